The van der Waals surface area contributed by atoms with Crippen LogP contribution in [0.1, 0.15) is 31.6 Å². The van der Waals surface area contributed by atoms with Gasteiger partial charge in [-0.1, -0.05) is 0 Å². The maximum atomic E-state index is 14.0. The first-order valence-corrected chi connectivity index (χ1v) is 7.67. The van der Waals surface area contributed by atoms with E-state index in [1.165, 1.54) is 6.07 Å². The largest absolute Gasteiger partial charge is 0.378 e. The fraction of sp³-hybridized carbons (Fsp3) is 0.533. The zero-order valence-corrected chi connectivity index (χ0v) is 12.5. The van der Waals surface area contributed by atoms with Crippen LogP contribution in [-0.2, 0) is 11.2 Å². The summed E-state index contributed by atoms with van der Waals surface area (Å²) in [7, 11) is 0. The molecule has 0 bridgehead atoms. The van der Waals surface area contributed by atoms with Crippen LogP contribution in [0.2, 0.25) is 0 Å². The first kappa shape index (κ1) is 14.7. The number of benzene rings is 1. The van der Waals surface area contributed by atoms with Crippen LogP contribution in [-0.4, -0.2) is 28.1 Å². The maximum absolute atomic E-state index is 14.0. The van der Waals surface area contributed by atoms with Crippen LogP contribution in [0.4, 0.5) is 8.78 Å². The second-order valence-corrected chi connectivity index (χ2v) is 5.83. The standard InChI is InChI=1S/C15H17ClF2N2O/c1-9-6-11(3-5-21-9)20-13-8-10(17)7-12(18)15(13)19-14(20)2-4-16/h7-9,11H,2-6H2,1H3. The molecular weight excluding hydrogens is 298 g/mol. The smallest absolute Gasteiger partial charge is 0.153 e. The third kappa shape index (κ3) is 2.77. The summed E-state index contributed by atoms with van der Waals surface area (Å²) in [6, 6.07) is 2.36. The van der Waals surface area contributed by atoms with E-state index in [9.17, 15) is 8.78 Å². The second-order valence-electron chi connectivity index (χ2n) is 5.45. The Bertz CT molecular complexity index is 659. The molecule has 0 spiro atoms. The molecule has 2 atom stereocenters. The van der Waals surface area contributed by atoms with Crippen molar-refractivity contribution in [3.63, 3.8) is 0 Å². The Hall–Kier alpha value is -1.20. The van der Waals surface area contributed by atoms with Gasteiger partial charge in [-0.25, -0.2) is 13.8 Å². The summed E-state index contributed by atoms with van der Waals surface area (Å²) in [4.78, 5) is 4.34. The molecule has 1 fully saturated rings. The number of aryl methyl sites for hydroxylation is 1. The highest BCUT2D eigenvalue weighted by atomic mass is 35.5. The molecule has 3 nitrogen and oxygen atoms in total. The van der Waals surface area contributed by atoms with Crippen molar-refractivity contribution in [2.75, 3.05) is 12.5 Å². The Morgan fingerprint density at radius 3 is 2.95 bits per heavy atom. The molecule has 0 amide bonds. The molecule has 2 unspecified atom stereocenters. The van der Waals surface area contributed by atoms with E-state index in [1.54, 1.807) is 0 Å². The predicted octanol–water partition coefficient (Wildman–Crippen LogP) is 3.84. The first-order valence-electron chi connectivity index (χ1n) is 7.13. The number of imidazole rings is 1. The second kappa shape index (κ2) is 5.89. The van der Waals surface area contributed by atoms with Crippen molar-refractivity contribution in [1.29, 1.82) is 0 Å². The third-order valence-corrected chi connectivity index (χ3v) is 4.12. The Morgan fingerprint density at radius 1 is 1.43 bits per heavy atom. The van der Waals surface area contributed by atoms with E-state index in [1.807, 2.05) is 11.5 Å². The van der Waals surface area contributed by atoms with Crippen LogP contribution in [0.3, 0.4) is 0 Å². The highest BCUT2D eigenvalue weighted by Gasteiger charge is 2.26. The number of ether oxygens (including phenoxy) is 1. The normalized spacial score (nSPS) is 22.9. The number of alkyl halides is 1. The molecule has 1 saturated heterocycles. The van der Waals surface area contributed by atoms with Crippen molar-refractivity contribution in [2.45, 2.75) is 38.3 Å². The molecule has 1 aromatic heterocycles. The number of halogens is 3. The Kier molecular flexibility index (Phi) is 4.13. The van der Waals surface area contributed by atoms with Gasteiger partial charge in [0.1, 0.15) is 17.2 Å². The molecule has 0 saturated carbocycles. The summed E-state index contributed by atoms with van der Waals surface area (Å²) in [5, 5.41) is 0. The monoisotopic (exact) mass is 314 g/mol. The van der Waals surface area contributed by atoms with Crippen molar-refractivity contribution in [1.82, 2.24) is 9.55 Å². The van der Waals surface area contributed by atoms with E-state index in [0.717, 1.165) is 18.9 Å². The van der Waals surface area contributed by atoms with Crippen molar-refractivity contribution in [2.24, 2.45) is 0 Å². The summed E-state index contributed by atoms with van der Waals surface area (Å²) in [6.45, 7) is 2.65. The molecule has 0 N–H and O–H groups in total. The Morgan fingerprint density at radius 2 is 2.24 bits per heavy atom. The average Bonchev–Trinajstić information content (AvgIpc) is 2.77. The van der Waals surface area contributed by atoms with Crippen LogP contribution >= 0.6 is 11.6 Å². The molecule has 2 heterocycles. The Balaban J connectivity index is 2.15. The summed E-state index contributed by atoms with van der Waals surface area (Å²) in [6.07, 6.45) is 2.27. The third-order valence-electron chi connectivity index (χ3n) is 3.93. The van der Waals surface area contributed by atoms with Gasteiger partial charge < -0.3 is 9.30 Å². The number of hydrogen-bond acceptors (Lipinski definition) is 2. The molecule has 2 aromatic rings. The highest BCUT2D eigenvalue weighted by Crippen LogP contribution is 2.32. The van der Waals surface area contributed by atoms with Crippen LogP contribution in [0, 0.1) is 11.6 Å². The molecular formula is C15H17ClF2N2O. The van der Waals surface area contributed by atoms with Crippen LogP contribution in [0.15, 0.2) is 12.1 Å². The lowest BCUT2D eigenvalue weighted by Gasteiger charge is -2.29. The van der Waals surface area contributed by atoms with Crippen molar-refractivity contribution in [3.05, 3.63) is 29.6 Å². The molecule has 114 valence electrons. The number of aromatic nitrogens is 2. The molecule has 1 aliphatic rings. The van der Waals surface area contributed by atoms with Gasteiger partial charge in [0.05, 0.1) is 11.6 Å². The summed E-state index contributed by atoms with van der Waals surface area (Å²) >= 11 is 5.83. The SMILES string of the molecule is CC1CC(n2c(CCCl)nc3c(F)cc(F)cc32)CCO1. The van der Waals surface area contributed by atoms with E-state index in [2.05, 4.69) is 4.98 Å². The topological polar surface area (TPSA) is 27.1 Å². The van der Waals surface area contributed by atoms with Crippen molar-refractivity contribution >= 4 is 22.6 Å². The lowest BCUT2D eigenvalue weighted by Crippen LogP contribution is -2.26. The van der Waals surface area contributed by atoms with E-state index in [-0.39, 0.29) is 17.7 Å². The van der Waals surface area contributed by atoms with Gasteiger partial charge >= 0.3 is 0 Å². The van der Waals surface area contributed by atoms with Gasteiger partial charge in [0.2, 0.25) is 0 Å². The van der Waals surface area contributed by atoms with Gasteiger partial charge in [-0.05, 0) is 25.8 Å². The minimum atomic E-state index is -0.625. The number of hydrogen-bond donors (Lipinski definition) is 0. The van der Waals surface area contributed by atoms with Crippen LogP contribution < -0.4 is 0 Å². The molecule has 3 rings (SSSR count). The minimum absolute atomic E-state index is 0.128. The predicted molar refractivity (Wildman–Crippen MR) is 77.8 cm³/mol. The molecule has 21 heavy (non-hydrogen) atoms. The van der Waals surface area contributed by atoms with Gasteiger partial charge in [0.15, 0.2) is 5.82 Å². The molecule has 1 aliphatic heterocycles. The number of rotatable bonds is 3. The fourth-order valence-electron chi connectivity index (χ4n) is 3.05. The van der Waals surface area contributed by atoms with Gasteiger partial charge in [-0.2, -0.15) is 0 Å². The van der Waals surface area contributed by atoms with E-state index in [4.69, 9.17) is 16.3 Å². The van der Waals surface area contributed by atoms with Gasteiger partial charge in [-0.15, -0.1) is 11.6 Å². The average molecular weight is 315 g/mol. The summed E-state index contributed by atoms with van der Waals surface area (Å²) in [5.74, 6) is -0.103. The zero-order chi connectivity index (χ0) is 15.0. The van der Waals surface area contributed by atoms with Crippen molar-refractivity contribution < 1.29 is 13.5 Å². The van der Waals surface area contributed by atoms with Gasteiger partial charge in [0, 0.05) is 31.0 Å². The Labute approximate surface area is 126 Å². The van der Waals surface area contributed by atoms with Crippen LogP contribution in [0.25, 0.3) is 11.0 Å². The van der Waals surface area contributed by atoms with E-state index in [0.29, 0.717) is 30.2 Å². The number of fused-ring (bicyclic) bond motifs is 1. The van der Waals surface area contributed by atoms with Crippen LogP contribution in [0.5, 0.6) is 0 Å². The highest BCUT2D eigenvalue weighted by molar-refractivity contribution is 6.17. The quantitative estimate of drug-likeness (QED) is 0.805. The zero-order valence-electron chi connectivity index (χ0n) is 11.8. The molecule has 1 aromatic carbocycles. The summed E-state index contributed by atoms with van der Waals surface area (Å²) in [5.41, 5.74) is 0.724. The lowest BCUT2D eigenvalue weighted by atomic mass is 10.0. The molecule has 0 radical (unpaired) electrons. The van der Waals surface area contributed by atoms with Crippen molar-refractivity contribution in [3.8, 4) is 0 Å². The fourth-order valence-corrected chi connectivity index (χ4v) is 3.21. The lowest BCUT2D eigenvalue weighted by molar-refractivity contribution is 0.00625. The van der Waals surface area contributed by atoms with E-state index < -0.39 is 11.6 Å². The van der Waals surface area contributed by atoms with Gasteiger partial charge in [-0.3, -0.25) is 0 Å². The van der Waals surface area contributed by atoms with Gasteiger partial charge in [0.25, 0.3) is 0 Å². The summed E-state index contributed by atoms with van der Waals surface area (Å²) < 4.78 is 35.0. The molecule has 0 aliphatic carbocycles. The van der Waals surface area contributed by atoms with E-state index >= 15 is 0 Å². The minimum Gasteiger partial charge on any atom is -0.378 e. The first-order chi connectivity index (χ1) is 10.1. The number of nitrogens with zero attached hydrogens (tertiary/aromatic N) is 2. The molecule has 6 heteroatoms. The maximum Gasteiger partial charge on any atom is 0.153 e.